The maximum atomic E-state index is 11.9. The topological polar surface area (TPSA) is 81.9 Å². The van der Waals surface area contributed by atoms with E-state index in [2.05, 4.69) is 0 Å². The van der Waals surface area contributed by atoms with Crippen molar-refractivity contribution in [2.45, 2.75) is 59.2 Å². The van der Waals surface area contributed by atoms with Crippen molar-refractivity contribution < 1.29 is 19.1 Å². The van der Waals surface area contributed by atoms with Gasteiger partial charge in [0, 0.05) is 6.54 Å². The zero-order chi connectivity index (χ0) is 16.7. The molecule has 6 nitrogen and oxygen atoms in total. The molecule has 0 aliphatic carbocycles. The first-order chi connectivity index (χ1) is 9.43. The predicted molar refractivity (Wildman–Crippen MR) is 81.8 cm³/mol. The van der Waals surface area contributed by atoms with E-state index < -0.39 is 11.2 Å². The zero-order valence-electron chi connectivity index (χ0n) is 14.2. The quantitative estimate of drug-likeness (QED) is 0.714. The average Bonchev–Trinajstić information content (AvgIpc) is 2.20. The van der Waals surface area contributed by atoms with Crippen LogP contribution in [-0.2, 0) is 19.1 Å². The third kappa shape index (κ3) is 12.3. The Balaban J connectivity index is 4.51. The first-order valence-electron chi connectivity index (χ1n) is 7.29. The molecule has 0 amide bonds. The summed E-state index contributed by atoms with van der Waals surface area (Å²) in [6, 6.07) is 0. The smallest absolute Gasteiger partial charge is 0.320 e. The van der Waals surface area contributed by atoms with Gasteiger partial charge in [-0.2, -0.15) is 0 Å². The predicted octanol–water partition coefficient (Wildman–Crippen LogP) is 1.32. The van der Waals surface area contributed by atoms with Crippen LogP contribution in [0.1, 0.15) is 48.0 Å². The molecule has 0 saturated heterocycles. The van der Waals surface area contributed by atoms with Gasteiger partial charge in [0.1, 0.15) is 11.2 Å². The molecule has 0 aliphatic heterocycles. The molecule has 0 rings (SSSR count). The minimum Gasteiger partial charge on any atom is -0.459 e. The Morgan fingerprint density at radius 2 is 1.29 bits per heavy atom. The van der Waals surface area contributed by atoms with Gasteiger partial charge in [-0.25, -0.2) is 0 Å². The molecule has 0 saturated carbocycles. The summed E-state index contributed by atoms with van der Waals surface area (Å²) < 4.78 is 10.5. The fraction of sp³-hybridized carbons (Fsp3) is 0.867. The van der Waals surface area contributed by atoms with Gasteiger partial charge >= 0.3 is 11.9 Å². The molecule has 6 heteroatoms. The molecule has 0 spiro atoms. The Morgan fingerprint density at radius 3 is 1.57 bits per heavy atom. The molecular formula is C15H30N2O4. The van der Waals surface area contributed by atoms with Crippen LogP contribution in [0.2, 0.25) is 0 Å². The molecule has 0 aliphatic rings. The van der Waals surface area contributed by atoms with Gasteiger partial charge < -0.3 is 15.2 Å². The lowest BCUT2D eigenvalue weighted by molar-refractivity contribution is -0.159. The summed E-state index contributed by atoms with van der Waals surface area (Å²) in [5, 5.41) is 0. The number of hydrogen-bond acceptors (Lipinski definition) is 6. The van der Waals surface area contributed by atoms with Crippen molar-refractivity contribution >= 4 is 11.9 Å². The summed E-state index contributed by atoms with van der Waals surface area (Å²) in [5.74, 6) is -0.717. The first kappa shape index (κ1) is 19.9. The highest BCUT2D eigenvalue weighted by Gasteiger charge is 2.22. The van der Waals surface area contributed by atoms with E-state index in [1.54, 1.807) is 4.90 Å². The summed E-state index contributed by atoms with van der Waals surface area (Å²) in [6.07, 6.45) is 0.700. The maximum absolute atomic E-state index is 11.9. The van der Waals surface area contributed by atoms with E-state index in [0.717, 1.165) is 0 Å². The fourth-order valence-corrected chi connectivity index (χ4v) is 1.64. The number of rotatable bonds is 7. The molecule has 0 fully saturated rings. The molecule has 21 heavy (non-hydrogen) atoms. The minimum atomic E-state index is -0.539. The van der Waals surface area contributed by atoms with Crippen molar-refractivity contribution in [2.24, 2.45) is 5.73 Å². The number of ether oxygens (including phenoxy) is 2. The number of esters is 2. The van der Waals surface area contributed by atoms with Gasteiger partial charge in [0.15, 0.2) is 0 Å². The van der Waals surface area contributed by atoms with E-state index in [4.69, 9.17) is 15.2 Å². The molecule has 0 aromatic rings. The van der Waals surface area contributed by atoms with Gasteiger partial charge in [0.25, 0.3) is 0 Å². The minimum absolute atomic E-state index is 0.0521. The van der Waals surface area contributed by atoms with Crippen molar-refractivity contribution in [3.8, 4) is 0 Å². The number of nitrogens with zero attached hydrogens (tertiary/aromatic N) is 1. The Labute approximate surface area is 127 Å². The van der Waals surface area contributed by atoms with Crippen molar-refractivity contribution in [3.05, 3.63) is 0 Å². The largest absolute Gasteiger partial charge is 0.459 e. The van der Waals surface area contributed by atoms with Gasteiger partial charge in [-0.1, -0.05) is 0 Å². The molecular weight excluding hydrogens is 272 g/mol. The van der Waals surface area contributed by atoms with Gasteiger partial charge in [-0.3, -0.25) is 14.5 Å². The standard InChI is InChI=1S/C15H30N2O4/c1-14(2,3)20-12(18)10-17(9-7-8-16)11-13(19)21-15(4,5)6/h7-11,16H2,1-6H3. The normalized spacial score (nSPS) is 12.4. The second kappa shape index (κ2) is 8.34. The molecule has 0 bridgehead atoms. The molecule has 0 atom stereocenters. The molecule has 0 aromatic carbocycles. The summed E-state index contributed by atoms with van der Waals surface area (Å²) in [7, 11) is 0. The van der Waals surface area contributed by atoms with E-state index in [1.165, 1.54) is 0 Å². The van der Waals surface area contributed by atoms with Crippen LogP contribution in [0.25, 0.3) is 0 Å². The van der Waals surface area contributed by atoms with Crippen LogP contribution in [0.3, 0.4) is 0 Å². The Hall–Kier alpha value is -1.14. The van der Waals surface area contributed by atoms with Crippen molar-refractivity contribution in [1.29, 1.82) is 0 Å². The average molecular weight is 302 g/mol. The van der Waals surface area contributed by atoms with Crippen LogP contribution in [0.5, 0.6) is 0 Å². The van der Waals surface area contributed by atoms with Crippen LogP contribution >= 0.6 is 0 Å². The van der Waals surface area contributed by atoms with Gasteiger partial charge in [0.05, 0.1) is 13.1 Å². The zero-order valence-corrected chi connectivity index (χ0v) is 14.2. The lowest BCUT2D eigenvalue weighted by Gasteiger charge is -2.26. The number of carbonyl (C=O) groups is 2. The second-order valence-electron chi connectivity index (χ2n) is 7.03. The molecule has 0 aromatic heterocycles. The summed E-state index contributed by atoms with van der Waals surface area (Å²) in [4.78, 5) is 25.4. The van der Waals surface area contributed by atoms with E-state index >= 15 is 0 Å². The maximum Gasteiger partial charge on any atom is 0.320 e. The summed E-state index contributed by atoms with van der Waals surface area (Å²) in [5.41, 5.74) is 4.40. The molecule has 0 heterocycles. The van der Waals surface area contributed by atoms with E-state index in [-0.39, 0.29) is 25.0 Å². The van der Waals surface area contributed by atoms with Crippen LogP contribution in [0, 0.1) is 0 Å². The highest BCUT2D eigenvalue weighted by Crippen LogP contribution is 2.09. The SMILES string of the molecule is CC(C)(C)OC(=O)CN(CCCN)CC(=O)OC(C)(C)C. The number of nitrogens with two attached hydrogens (primary N) is 1. The third-order valence-corrected chi connectivity index (χ3v) is 2.22. The molecule has 2 N–H and O–H groups in total. The van der Waals surface area contributed by atoms with E-state index in [1.807, 2.05) is 41.5 Å². The highest BCUT2D eigenvalue weighted by atomic mass is 16.6. The summed E-state index contributed by atoms with van der Waals surface area (Å²) >= 11 is 0. The van der Waals surface area contributed by atoms with Crippen molar-refractivity contribution in [3.63, 3.8) is 0 Å². The van der Waals surface area contributed by atoms with Gasteiger partial charge in [0.2, 0.25) is 0 Å². The monoisotopic (exact) mass is 302 g/mol. The Kier molecular flexibility index (Phi) is 7.89. The van der Waals surface area contributed by atoms with Crippen LogP contribution in [0.15, 0.2) is 0 Å². The molecule has 124 valence electrons. The number of carbonyl (C=O) groups excluding carboxylic acids is 2. The molecule has 0 unspecified atom stereocenters. The van der Waals surface area contributed by atoms with Crippen molar-refractivity contribution in [1.82, 2.24) is 4.90 Å². The van der Waals surface area contributed by atoms with Crippen LogP contribution < -0.4 is 5.73 Å². The van der Waals surface area contributed by atoms with Crippen LogP contribution in [0.4, 0.5) is 0 Å². The molecule has 0 radical (unpaired) electrons. The first-order valence-corrected chi connectivity index (χ1v) is 7.29. The van der Waals surface area contributed by atoms with Gasteiger partial charge in [-0.05, 0) is 54.5 Å². The number of hydrogen-bond donors (Lipinski definition) is 1. The Morgan fingerprint density at radius 1 is 0.905 bits per heavy atom. The highest BCUT2D eigenvalue weighted by molar-refractivity contribution is 5.75. The Bertz CT molecular complexity index is 313. The van der Waals surface area contributed by atoms with E-state index in [0.29, 0.717) is 19.5 Å². The fourth-order valence-electron chi connectivity index (χ4n) is 1.64. The lowest BCUT2D eigenvalue weighted by Crippen LogP contribution is -2.40. The van der Waals surface area contributed by atoms with Crippen molar-refractivity contribution in [2.75, 3.05) is 26.2 Å². The summed E-state index contributed by atoms with van der Waals surface area (Å²) in [6.45, 7) is 12.0. The lowest BCUT2D eigenvalue weighted by atomic mass is 10.2. The van der Waals surface area contributed by atoms with Gasteiger partial charge in [-0.15, -0.1) is 0 Å². The van der Waals surface area contributed by atoms with E-state index in [9.17, 15) is 9.59 Å². The third-order valence-electron chi connectivity index (χ3n) is 2.22. The van der Waals surface area contributed by atoms with Crippen LogP contribution in [-0.4, -0.2) is 54.2 Å². The second-order valence-corrected chi connectivity index (χ2v) is 7.03.